The molecule has 0 saturated heterocycles. The number of amides is 1. The molecule has 0 N–H and O–H groups in total. The monoisotopic (exact) mass is 298 g/mol. The molecule has 0 atom stereocenters. The maximum Gasteiger partial charge on any atom is 0.192 e. The predicted molar refractivity (Wildman–Crippen MR) is 33.0 cm³/mol. The van der Waals surface area contributed by atoms with Gasteiger partial charge in [-0.3, -0.25) is 11.8 Å². The molecule has 0 spiro atoms. The van der Waals surface area contributed by atoms with Gasteiger partial charge in [0.05, 0.1) is 0 Å². The molecule has 9 heavy (non-hydrogen) atoms. The van der Waals surface area contributed by atoms with E-state index in [4.69, 9.17) is 0 Å². The summed E-state index contributed by atoms with van der Waals surface area (Å²) in [6.45, 7) is 4.43. The van der Waals surface area contributed by atoms with Crippen LogP contribution in [0.1, 0.15) is 20.3 Å². The molecule has 1 amide bonds. The Hall–Kier alpha value is 0.158. The van der Waals surface area contributed by atoms with Gasteiger partial charge in [0.25, 0.3) is 0 Å². The summed E-state index contributed by atoms with van der Waals surface area (Å²) in [5.41, 5.74) is 0. The van der Waals surface area contributed by atoms with Crippen molar-refractivity contribution in [3.63, 3.8) is 0 Å². The van der Waals surface area contributed by atoms with Crippen LogP contribution in [-0.2, 0) is 25.9 Å². The van der Waals surface area contributed by atoms with Crippen LogP contribution < -0.4 is 0 Å². The van der Waals surface area contributed by atoms with Crippen molar-refractivity contribution in [2.75, 3.05) is 6.54 Å². The predicted octanol–water partition coefficient (Wildman–Crippen LogP) is 1.03. The van der Waals surface area contributed by atoms with Gasteiger partial charge in [-0.25, -0.2) is 0 Å². The number of carbonyl (C=O) groups is 1. The standard InChI is InChI=1S/C6H12NO.W/c1-4-6(8)7(3)5-2;/h3-5H2,1-2H3;/q-1;. The minimum absolute atomic E-state index is 0. The van der Waals surface area contributed by atoms with Gasteiger partial charge in [0.15, 0.2) is 5.91 Å². The second kappa shape index (κ2) is 6.28. The number of nitrogens with zero attached hydrogens (tertiary/aromatic N) is 1. The van der Waals surface area contributed by atoms with Crippen LogP contribution in [0.15, 0.2) is 0 Å². The summed E-state index contributed by atoms with van der Waals surface area (Å²) < 4.78 is 0. The Morgan fingerprint density at radius 3 is 2.11 bits per heavy atom. The van der Waals surface area contributed by atoms with Gasteiger partial charge < -0.3 is 4.90 Å². The van der Waals surface area contributed by atoms with E-state index in [1.807, 2.05) is 13.8 Å². The molecule has 0 aromatic carbocycles. The zero-order valence-electron chi connectivity index (χ0n) is 5.89. The zero-order chi connectivity index (χ0) is 6.57. The van der Waals surface area contributed by atoms with Crippen molar-refractivity contribution in [1.82, 2.24) is 4.90 Å². The Labute approximate surface area is 70.9 Å². The molecule has 0 aromatic rings. The van der Waals surface area contributed by atoms with Crippen LogP contribution >= 0.6 is 0 Å². The Balaban J connectivity index is 0. The van der Waals surface area contributed by atoms with Crippen LogP contribution in [0.3, 0.4) is 0 Å². The molecule has 0 aliphatic rings. The molecule has 0 rings (SSSR count). The zero-order valence-corrected chi connectivity index (χ0v) is 8.82. The van der Waals surface area contributed by atoms with E-state index >= 15 is 0 Å². The first-order valence-corrected chi connectivity index (χ1v) is 2.83. The molecule has 0 aliphatic carbocycles. The summed E-state index contributed by atoms with van der Waals surface area (Å²) in [7, 11) is 3.51. The summed E-state index contributed by atoms with van der Waals surface area (Å²) in [6.07, 6.45) is 0.553. The first-order chi connectivity index (χ1) is 3.72. The summed E-state index contributed by atoms with van der Waals surface area (Å²) in [5, 5.41) is 0. The van der Waals surface area contributed by atoms with Crippen LogP contribution in [-0.4, -0.2) is 17.4 Å². The average Bonchev–Trinajstić information content (AvgIpc) is 1.84. The normalized spacial score (nSPS) is 7.89. The van der Waals surface area contributed by atoms with Crippen LogP contribution in [0.5, 0.6) is 0 Å². The van der Waals surface area contributed by atoms with E-state index in [0.29, 0.717) is 13.0 Å². The van der Waals surface area contributed by atoms with E-state index < -0.39 is 0 Å². The third kappa shape index (κ3) is 4.65. The Bertz CT molecular complexity index is 85.1. The molecule has 0 fully saturated rings. The summed E-state index contributed by atoms with van der Waals surface area (Å²) in [5.74, 6) is 0.104. The molecular weight excluding hydrogens is 286 g/mol. The Morgan fingerprint density at radius 2 is 2.00 bits per heavy atom. The fraction of sp³-hybridized carbons (Fsp3) is 0.667. The summed E-state index contributed by atoms with van der Waals surface area (Å²) in [4.78, 5) is 12.1. The van der Waals surface area contributed by atoms with E-state index in [0.717, 1.165) is 0 Å². The van der Waals surface area contributed by atoms with Gasteiger partial charge in [0.1, 0.15) is 0 Å². The van der Waals surface area contributed by atoms with Gasteiger partial charge in [-0.1, -0.05) is 6.92 Å². The smallest absolute Gasteiger partial charge is 0.192 e. The van der Waals surface area contributed by atoms with E-state index in [1.54, 1.807) is 0 Å². The van der Waals surface area contributed by atoms with Crippen LogP contribution in [0.25, 0.3) is 0 Å². The molecule has 0 bridgehead atoms. The molecule has 0 radical (unpaired) electrons. The average molecular weight is 298 g/mol. The molecule has 0 heterocycles. The van der Waals surface area contributed by atoms with Gasteiger partial charge in [-0.15, -0.1) is 0 Å². The minimum atomic E-state index is 0. The quantitative estimate of drug-likeness (QED) is 0.697. The van der Waals surface area contributed by atoms with Crippen LogP contribution in [0.2, 0.25) is 0 Å². The third-order valence-corrected chi connectivity index (χ3v) is 1.04. The molecule has 0 unspecified atom stereocenters. The summed E-state index contributed by atoms with van der Waals surface area (Å²) >= 11 is 0. The molecule has 2 nitrogen and oxygen atoms in total. The van der Waals surface area contributed by atoms with Gasteiger partial charge in [-0.2, -0.15) is 0 Å². The SMILES string of the molecule is [CH2-]N(CC)C(=O)CC.[W]. The summed E-state index contributed by atoms with van der Waals surface area (Å²) in [6, 6.07) is 0. The van der Waals surface area contributed by atoms with Gasteiger partial charge in [0, 0.05) is 27.5 Å². The topological polar surface area (TPSA) is 20.3 Å². The van der Waals surface area contributed by atoms with Crippen molar-refractivity contribution in [3.8, 4) is 0 Å². The molecule has 54 valence electrons. The van der Waals surface area contributed by atoms with Crippen molar-refractivity contribution in [3.05, 3.63) is 7.05 Å². The van der Waals surface area contributed by atoms with E-state index in [9.17, 15) is 4.79 Å². The van der Waals surface area contributed by atoms with Gasteiger partial charge in [0.2, 0.25) is 0 Å². The van der Waals surface area contributed by atoms with E-state index in [-0.39, 0.29) is 27.0 Å². The number of hydrogen-bond donors (Lipinski definition) is 0. The van der Waals surface area contributed by atoms with Gasteiger partial charge in [-0.05, 0) is 13.5 Å². The first-order valence-electron chi connectivity index (χ1n) is 2.83. The molecular formula is C6H12NOW-. The fourth-order valence-corrected chi connectivity index (χ4v) is 0.400. The van der Waals surface area contributed by atoms with Crippen LogP contribution in [0, 0.1) is 7.05 Å². The molecule has 0 aliphatic heterocycles. The Morgan fingerprint density at radius 1 is 1.56 bits per heavy atom. The van der Waals surface area contributed by atoms with E-state index in [1.165, 1.54) is 4.90 Å². The largest absolute Gasteiger partial charge is 0.496 e. The molecule has 3 heteroatoms. The molecule has 0 saturated carbocycles. The first kappa shape index (κ1) is 11.9. The van der Waals surface area contributed by atoms with Crippen LogP contribution in [0.4, 0.5) is 0 Å². The third-order valence-electron chi connectivity index (χ3n) is 1.04. The van der Waals surface area contributed by atoms with Crippen molar-refractivity contribution in [2.45, 2.75) is 20.3 Å². The number of hydrogen-bond acceptors (Lipinski definition) is 1. The minimum Gasteiger partial charge on any atom is -0.496 e. The number of rotatable bonds is 2. The second-order valence-corrected chi connectivity index (χ2v) is 1.60. The van der Waals surface area contributed by atoms with E-state index in [2.05, 4.69) is 7.05 Å². The maximum absolute atomic E-state index is 10.6. The maximum atomic E-state index is 10.6. The second-order valence-electron chi connectivity index (χ2n) is 1.60. The fourth-order valence-electron chi connectivity index (χ4n) is 0.400. The molecule has 0 aromatic heterocycles. The number of carbonyl (C=O) groups excluding carboxylic acids is 1. The Kier molecular flexibility index (Phi) is 8.30. The van der Waals surface area contributed by atoms with Crippen molar-refractivity contribution in [2.24, 2.45) is 0 Å². The van der Waals surface area contributed by atoms with Crippen molar-refractivity contribution >= 4 is 5.91 Å². The van der Waals surface area contributed by atoms with Gasteiger partial charge >= 0.3 is 0 Å². The van der Waals surface area contributed by atoms with Crippen molar-refractivity contribution in [1.29, 1.82) is 0 Å². The van der Waals surface area contributed by atoms with Crippen molar-refractivity contribution < 1.29 is 25.9 Å².